The zero-order valence-electron chi connectivity index (χ0n) is 18.1. The summed E-state index contributed by atoms with van der Waals surface area (Å²) in [5, 5.41) is 7.68. The summed E-state index contributed by atoms with van der Waals surface area (Å²) in [5.74, 6) is 1.56. The summed E-state index contributed by atoms with van der Waals surface area (Å²) in [4.78, 5) is 11.5. The van der Waals surface area contributed by atoms with Crippen molar-refractivity contribution < 1.29 is 9.47 Å². The minimum absolute atomic E-state index is 0. The molecule has 1 atom stereocenters. The zero-order chi connectivity index (χ0) is 20.5. The Labute approximate surface area is 196 Å². The molecule has 9 heteroatoms. The van der Waals surface area contributed by atoms with Crippen molar-refractivity contribution in [2.75, 3.05) is 32.8 Å². The van der Waals surface area contributed by atoms with Crippen LogP contribution in [0.1, 0.15) is 43.9 Å². The predicted molar refractivity (Wildman–Crippen MR) is 128 cm³/mol. The molecule has 1 aliphatic rings. The predicted octanol–water partition coefficient (Wildman–Crippen LogP) is 3.15. The lowest BCUT2D eigenvalue weighted by Crippen LogP contribution is -2.48. The summed E-state index contributed by atoms with van der Waals surface area (Å²) in [7, 11) is 1.92. The molecule has 8 nitrogen and oxygen atoms in total. The Balaban J connectivity index is 0.00000320. The summed E-state index contributed by atoms with van der Waals surface area (Å²) in [6.45, 7) is 8.44. The first-order chi connectivity index (χ1) is 14.2. The van der Waals surface area contributed by atoms with Crippen molar-refractivity contribution in [2.24, 2.45) is 12.0 Å². The summed E-state index contributed by atoms with van der Waals surface area (Å²) in [6.07, 6.45) is 7.75. The third-order valence-electron chi connectivity index (χ3n) is 4.78. The molecule has 1 N–H and O–H groups in total. The first-order valence-electron chi connectivity index (χ1n) is 10.4. The lowest BCUT2D eigenvalue weighted by atomic mass is 10.1. The van der Waals surface area contributed by atoms with Crippen molar-refractivity contribution in [3.63, 3.8) is 0 Å². The minimum atomic E-state index is -0.00682. The third-order valence-corrected chi connectivity index (χ3v) is 4.78. The van der Waals surface area contributed by atoms with Gasteiger partial charge in [-0.3, -0.25) is 4.68 Å². The Morgan fingerprint density at radius 2 is 2.27 bits per heavy atom. The summed E-state index contributed by atoms with van der Waals surface area (Å²) < 4.78 is 13.6. The van der Waals surface area contributed by atoms with Gasteiger partial charge < -0.3 is 19.7 Å². The molecule has 1 saturated heterocycles. The number of nitrogens with zero attached hydrogens (tertiary/aromatic N) is 5. The Morgan fingerprint density at radius 3 is 3.00 bits per heavy atom. The van der Waals surface area contributed by atoms with E-state index in [0.717, 1.165) is 49.6 Å². The number of hydrogen-bond acceptors (Lipinski definition) is 5. The molecule has 3 rings (SSSR count). The van der Waals surface area contributed by atoms with Gasteiger partial charge in [-0.1, -0.05) is 19.4 Å². The molecule has 1 unspecified atom stereocenters. The van der Waals surface area contributed by atoms with E-state index in [1.54, 1.807) is 10.9 Å². The van der Waals surface area contributed by atoms with Crippen LogP contribution in [0.3, 0.4) is 0 Å². The van der Waals surface area contributed by atoms with Crippen molar-refractivity contribution in [2.45, 2.75) is 39.3 Å². The van der Waals surface area contributed by atoms with Gasteiger partial charge in [0.2, 0.25) is 5.88 Å². The van der Waals surface area contributed by atoms with Gasteiger partial charge in [-0.05, 0) is 19.4 Å². The number of morpholine rings is 1. The fourth-order valence-corrected chi connectivity index (χ4v) is 3.22. The van der Waals surface area contributed by atoms with Crippen LogP contribution in [0.25, 0.3) is 0 Å². The van der Waals surface area contributed by atoms with E-state index in [4.69, 9.17) is 14.5 Å². The number of rotatable bonds is 8. The number of ether oxygens (including phenoxy) is 2. The number of aryl methyl sites for hydroxylation is 1. The largest absolute Gasteiger partial charge is 0.477 e. The Hall–Kier alpha value is -1.88. The quantitative estimate of drug-likeness (QED) is 0.246. The molecule has 0 aromatic carbocycles. The number of halogens is 1. The molecule has 0 aliphatic carbocycles. The summed E-state index contributed by atoms with van der Waals surface area (Å²) >= 11 is 0. The molecular formula is C21H33IN6O2. The van der Waals surface area contributed by atoms with E-state index in [1.807, 2.05) is 31.6 Å². The average Bonchev–Trinajstić information content (AvgIpc) is 3.18. The van der Waals surface area contributed by atoms with Gasteiger partial charge in [0.1, 0.15) is 6.10 Å². The Bertz CT molecular complexity index is 797. The van der Waals surface area contributed by atoms with Gasteiger partial charge in [0, 0.05) is 43.7 Å². The number of hydrogen-bond donors (Lipinski definition) is 1. The molecule has 1 fully saturated rings. The van der Waals surface area contributed by atoms with Crippen LogP contribution in [0.2, 0.25) is 0 Å². The highest BCUT2D eigenvalue weighted by molar-refractivity contribution is 14.0. The molecular weight excluding hydrogens is 495 g/mol. The highest BCUT2D eigenvalue weighted by Gasteiger charge is 2.25. The molecule has 0 spiro atoms. The highest BCUT2D eigenvalue weighted by atomic mass is 127. The molecule has 0 bridgehead atoms. The molecule has 0 amide bonds. The number of aliphatic imine (C=N–C) groups is 1. The van der Waals surface area contributed by atoms with Gasteiger partial charge >= 0.3 is 0 Å². The molecule has 1 aliphatic heterocycles. The topological polar surface area (TPSA) is 76.8 Å². The lowest BCUT2D eigenvalue weighted by molar-refractivity contribution is -0.00805. The second-order valence-electron chi connectivity index (χ2n) is 7.09. The van der Waals surface area contributed by atoms with Crippen molar-refractivity contribution in [3.8, 4) is 5.88 Å². The third kappa shape index (κ3) is 6.83. The second-order valence-corrected chi connectivity index (χ2v) is 7.09. The van der Waals surface area contributed by atoms with Gasteiger partial charge in [0.05, 0.1) is 32.5 Å². The molecule has 2 aromatic rings. The molecule has 30 heavy (non-hydrogen) atoms. The van der Waals surface area contributed by atoms with E-state index in [2.05, 4.69) is 34.1 Å². The van der Waals surface area contributed by atoms with Gasteiger partial charge in [-0.2, -0.15) is 5.10 Å². The number of guanidine groups is 1. The highest BCUT2D eigenvalue weighted by Crippen LogP contribution is 2.22. The summed E-state index contributed by atoms with van der Waals surface area (Å²) in [5.41, 5.74) is 2.09. The van der Waals surface area contributed by atoms with Gasteiger partial charge in [-0.15, -0.1) is 24.0 Å². The smallest absolute Gasteiger partial charge is 0.218 e. The Kier molecular flexibility index (Phi) is 10.4. The Morgan fingerprint density at radius 1 is 1.40 bits per heavy atom. The van der Waals surface area contributed by atoms with E-state index >= 15 is 0 Å². The van der Waals surface area contributed by atoms with Crippen molar-refractivity contribution in [3.05, 3.63) is 41.9 Å². The maximum absolute atomic E-state index is 5.96. The lowest BCUT2D eigenvalue weighted by Gasteiger charge is -2.34. The second kappa shape index (κ2) is 12.7. The first kappa shape index (κ1) is 24.4. The molecule has 0 radical (unpaired) electrons. The maximum atomic E-state index is 5.96. The minimum Gasteiger partial charge on any atom is -0.477 e. The van der Waals surface area contributed by atoms with Crippen molar-refractivity contribution in [1.82, 2.24) is 25.0 Å². The number of nitrogens with one attached hydrogen (secondary N) is 1. The van der Waals surface area contributed by atoms with Crippen molar-refractivity contribution in [1.29, 1.82) is 0 Å². The average molecular weight is 528 g/mol. The van der Waals surface area contributed by atoms with E-state index in [1.165, 1.54) is 0 Å². The molecule has 3 heterocycles. The standard InChI is InChI=1S/C21H32N6O2.HI/c1-4-6-11-29-20-17(8-7-9-23-20)13-24-21(22-5-2)27-10-12-28-19(16-27)18-14-25-26(3)15-18;/h7-9,14-15,19H,4-6,10-13,16H2,1-3H3,(H,22,24);1H. The maximum Gasteiger partial charge on any atom is 0.218 e. The molecule has 166 valence electrons. The van der Waals surface area contributed by atoms with Crippen LogP contribution in [0.5, 0.6) is 5.88 Å². The van der Waals surface area contributed by atoms with Gasteiger partial charge in [-0.25, -0.2) is 9.98 Å². The van der Waals surface area contributed by atoms with Crippen LogP contribution in [0, 0.1) is 0 Å². The number of aromatic nitrogens is 3. The summed E-state index contributed by atoms with van der Waals surface area (Å²) in [6, 6.07) is 3.96. The van der Waals surface area contributed by atoms with E-state index in [0.29, 0.717) is 25.6 Å². The fourth-order valence-electron chi connectivity index (χ4n) is 3.22. The van der Waals surface area contributed by atoms with Gasteiger partial charge in [0.25, 0.3) is 0 Å². The first-order valence-corrected chi connectivity index (χ1v) is 10.4. The normalized spacial score (nSPS) is 16.8. The SMILES string of the molecule is CCCCOc1ncccc1CN=C(NCC)N1CCOC(c2cnn(C)c2)C1.I. The van der Waals surface area contributed by atoms with Crippen LogP contribution in [-0.2, 0) is 18.3 Å². The van der Waals surface area contributed by atoms with Gasteiger partial charge in [0.15, 0.2) is 5.96 Å². The number of pyridine rings is 1. The fraction of sp³-hybridized carbons (Fsp3) is 0.571. The monoisotopic (exact) mass is 528 g/mol. The van der Waals surface area contributed by atoms with Crippen LogP contribution in [-0.4, -0.2) is 58.5 Å². The van der Waals surface area contributed by atoms with E-state index in [-0.39, 0.29) is 30.1 Å². The molecule has 2 aromatic heterocycles. The molecule has 0 saturated carbocycles. The number of unbranched alkanes of at least 4 members (excludes halogenated alkanes) is 1. The van der Waals surface area contributed by atoms with Crippen LogP contribution in [0.4, 0.5) is 0 Å². The van der Waals surface area contributed by atoms with Crippen LogP contribution < -0.4 is 10.1 Å². The van der Waals surface area contributed by atoms with E-state index in [9.17, 15) is 0 Å². The van der Waals surface area contributed by atoms with Crippen LogP contribution in [0.15, 0.2) is 35.7 Å². The zero-order valence-corrected chi connectivity index (χ0v) is 20.4. The van der Waals surface area contributed by atoms with E-state index < -0.39 is 0 Å². The van der Waals surface area contributed by atoms with Crippen LogP contribution >= 0.6 is 24.0 Å². The van der Waals surface area contributed by atoms with Crippen molar-refractivity contribution >= 4 is 29.9 Å².